The van der Waals surface area contributed by atoms with Crippen LogP contribution in [-0.2, 0) is 27.7 Å². The number of benzene rings is 2. The van der Waals surface area contributed by atoms with Crippen LogP contribution in [0.2, 0.25) is 0 Å². The third-order valence-electron chi connectivity index (χ3n) is 6.82. The van der Waals surface area contributed by atoms with Crippen LogP contribution >= 0.6 is 0 Å². The lowest BCUT2D eigenvalue weighted by atomic mass is 10.0. The van der Waals surface area contributed by atoms with Crippen LogP contribution in [0.4, 0.5) is 5.69 Å². The maximum atomic E-state index is 13.9. The Morgan fingerprint density at radius 2 is 1.76 bits per heavy atom. The van der Waals surface area contributed by atoms with E-state index in [1.54, 1.807) is 22.6 Å². The molecule has 0 N–H and O–H groups in total. The van der Waals surface area contributed by atoms with Crippen molar-refractivity contribution in [1.82, 2.24) is 9.78 Å². The van der Waals surface area contributed by atoms with Gasteiger partial charge in [-0.15, -0.1) is 0 Å². The van der Waals surface area contributed by atoms with Gasteiger partial charge in [0.05, 0.1) is 22.3 Å². The Balaban J connectivity index is 1.68. The Labute approximate surface area is 197 Å². The fraction of sp³-hybridized carbons (Fsp3) is 0.500. The topological polar surface area (TPSA) is 64.4 Å². The van der Waals surface area contributed by atoms with Gasteiger partial charge in [0.1, 0.15) is 0 Å². The number of sulfonamides is 1. The number of anilines is 1. The van der Waals surface area contributed by atoms with Crippen molar-refractivity contribution < 1.29 is 13.2 Å². The normalized spacial score (nSPS) is 15.4. The zero-order valence-electron chi connectivity index (χ0n) is 19.9. The summed E-state index contributed by atoms with van der Waals surface area (Å²) in [4.78, 5) is 0.312. The van der Waals surface area contributed by atoms with Crippen molar-refractivity contribution in [2.75, 3.05) is 17.5 Å². The molecule has 1 aromatic heterocycles. The van der Waals surface area contributed by atoms with E-state index in [1.807, 2.05) is 48.9 Å². The molecule has 6 nitrogen and oxygen atoms in total. The van der Waals surface area contributed by atoms with Crippen LogP contribution in [0.15, 0.2) is 53.6 Å². The van der Waals surface area contributed by atoms with E-state index in [9.17, 15) is 8.42 Å². The molecule has 0 saturated carbocycles. The van der Waals surface area contributed by atoms with Crippen molar-refractivity contribution in [2.45, 2.75) is 70.4 Å². The van der Waals surface area contributed by atoms with E-state index in [0.29, 0.717) is 10.8 Å². The number of hydrogen-bond donors (Lipinski definition) is 0. The van der Waals surface area contributed by atoms with Crippen molar-refractivity contribution >= 4 is 26.6 Å². The summed E-state index contributed by atoms with van der Waals surface area (Å²) in [5, 5.41) is 5.43. The third kappa shape index (κ3) is 4.94. The van der Waals surface area contributed by atoms with Gasteiger partial charge in [0.25, 0.3) is 10.0 Å². The van der Waals surface area contributed by atoms with Crippen molar-refractivity contribution in [3.8, 4) is 0 Å². The predicted molar refractivity (Wildman–Crippen MR) is 133 cm³/mol. The van der Waals surface area contributed by atoms with Crippen molar-refractivity contribution in [2.24, 2.45) is 5.92 Å². The highest BCUT2D eigenvalue weighted by Crippen LogP contribution is 2.31. The zero-order valence-corrected chi connectivity index (χ0v) is 20.7. The van der Waals surface area contributed by atoms with Crippen LogP contribution in [0.1, 0.15) is 52.0 Å². The predicted octanol–water partition coefficient (Wildman–Crippen LogP) is 5.41. The molecule has 0 amide bonds. The molecule has 3 aromatic rings. The van der Waals surface area contributed by atoms with Gasteiger partial charge >= 0.3 is 0 Å². The number of hydrogen-bond acceptors (Lipinski definition) is 4. The molecular formula is C26H35N3O3S. The summed E-state index contributed by atoms with van der Waals surface area (Å²) < 4.78 is 36.9. The minimum absolute atomic E-state index is 0.102. The van der Waals surface area contributed by atoms with E-state index >= 15 is 0 Å². The SMILES string of the molecule is CCc1ccc(N(C(CC)CC)S(=O)(=O)c2ccc3c(cnn3CC3CCOCC3)c2)cc1. The first-order valence-electron chi connectivity index (χ1n) is 12.1. The van der Waals surface area contributed by atoms with Gasteiger partial charge in [0, 0.05) is 31.2 Å². The largest absolute Gasteiger partial charge is 0.381 e. The Morgan fingerprint density at radius 1 is 1.06 bits per heavy atom. The fourth-order valence-electron chi connectivity index (χ4n) is 4.70. The molecule has 7 heteroatoms. The van der Waals surface area contributed by atoms with E-state index in [0.717, 1.165) is 68.5 Å². The number of rotatable bonds is 9. The Morgan fingerprint density at radius 3 is 2.39 bits per heavy atom. The molecule has 1 saturated heterocycles. The average Bonchev–Trinajstić information content (AvgIpc) is 3.25. The Kier molecular flexibility index (Phi) is 7.39. The zero-order chi connectivity index (χ0) is 23.4. The molecule has 0 atom stereocenters. The van der Waals surface area contributed by atoms with E-state index < -0.39 is 10.0 Å². The molecule has 0 unspecified atom stereocenters. The molecule has 0 bridgehead atoms. The summed E-state index contributed by atoms with van der Waals surface area (Å²) in [6, 6.07) is 13.2. The van der Waals surface area contributed by atoms with E-state index in [4.69, 9.17) is 4.74 Å². The first-order valence-corrected chi connectivity index (χ1v) is 13.6. The van der Waals surface area contributed by atoms with Gasteiger partial charge in [0.15, 0.2) is 0 Å². The van der Waals surface area contributed by atoms with Crippen molar-refractivity contribution in [1.29, 1.82) is 0 Å². The molecule has 178 valence electrons. The number of nitrogens with zero attached hydrogens (tertiary/aromatic N) is 3. The maximum Gasteiger partial charge on any atom is 0.264 e. The van der Waals surface area contributed by atoms with E-state index in [2.05, 4.69) is 12.0 Å². The standard InChI is InChI=1S/C26H35N3O3S/c1-4-20-7-9-24(10-8-20)29(23(5-2)6-3)33(30,31)25-11-12-26-22(17-25)18-27-28(26)19-21-13-15-32-16-14-21/h7-12,17-18,21,23H,4-6,13-16,19H2,1-3H3. The molecule has 2 heterocycles. The highest BCUT2D eigenvalue weighted by molar-refractivity contribution is 7.92. The summed E-state index contributed by atoms with van der Waals surface area (Å²) in [6.45, 7) is 8.63. The van der Waals surface area contributed by atoms with Crippen LogP contribution in [0.3, 0.4) is 0 Å². The average molecular weight is 470 g/mol. The summed E-state index contributed by atoms with van der Waals surface area (Å²) >= 11 is 0. The first-order chi connectivity index (χ1) is 16.0. The van der Waals surface area contributed by atoms with Crippen LogP contribution in [0.25, 0.3) is 10.9 Å². The highest BCUT2D eigenvalue weighted by atomic mass is 32.2. The minimum atomic E-state index is -3.73. The van der Waals surface area contributed by atoms with Crippen molar-refractivity contribution in [3.05, 3.63) is 54.2 Å². The monoisotopic (exact) mass is 469 g/mol. The lowest BCUT2D eigenvalue weighted by Gasteiger charge is -2.32. The summed E-state index contributed by atoms with van der Waals surface area (Å²) in [6.07, 6.45) is 6.27. The van der Waals surface area contributed by atoms with Gasteiger partial charge in [-0.2, -0.15) is 5.10 Å². The minimum Gasteiger partial charge on any atom is -0.381 e. The Hall–Kier alpha value is -2.38. The second kappa shape index (κ2) is 10.3. The van der Waals surface area contributed by atoms with Crippen LogP contribution in [-0.4, -0.2) is 37.5 Å². The number of aryl methyl sites for hydroxylation is 1. The lowest BCUT2D eigenvalue weighted by molar-refractivity contribution is 0.0605. The van der Waals surface area contributed by atoms with E-state index in [-0.39, 0.29) is 6.04 Å². The third-order valence-corrected chi connectivity index (χ3v) is 8.69. The van der Waals surface area contributed by atoms with Gasteiger partial charge in [-0.05, 0) is 73.9 Å². The lowest BCUT2D eigenvalue weighted by Crippen LogP contribution is -2.39. The molecule has 1 fully saturated rings. The van der Waals surface area contributed by atoms with Crippen LogP contribution in [0, 0.1) is 5.92 Å². The second-order valence-electron chi connectivity index (χ2n) is 8.89. The van der Waals surface area contributed by atoms with Crippen molar-refractivity contribution in [3.63, 3.8) is 0 Å². The molecule has 4 rings (SSSR count). The Bertz CT molecular complexity index is 1160. The molecule has 2 aromatic carbocycles. The van der Waals surface area contributed by atoms with E-state index in [1.165, 1.54) is 5.56 Å². The molecule has 0 spiro atoms. The summed E-state index contributed by atoms with van der Waals surface area (Å²) in [5.41, 5.74) is 2.89. The molecule has 33 heavy (non-hydrogen) atoms. The molecule has 0 radical (unpaired) electrons. The smallest absolute Gasteiger partial charge is 0.264 e. The van der Waals surface area contributed by atoms with Gasteiger partial charge in [-0.3, -0.25) is 8.99 Å². The molecular weight excluding hydrogens is 434 g/mol. The maximum absolute atomic E-state index is 13.9. The van der Waals surface area contributed by atoms with Gasteiger partial charge in [-0.1, -0.05) is 32.9 Å². The number of ether oxygens (including phenoxy) is 1. The number of fused-ring (bicyclic) bond motifs is 1. The molecule has 1 aliphatic heterocycles. The highest BCUT2D eigenvalue weighted by Gasteiger charge is 2.30. The summed E-state index contributed by atoms with van der Waals surface area (Å²) in [7, 11) is -3.73. The number of aromatic nitrogens is 2. The quantitative estimate of drug-likeness (QED) is 0.420. The fourth-order valence-corrected chi connectivity index (χ4v) is 6.54. The summed E-state index contributed by atoms with van der Waals surface area (Å²) in [5.74, 6) is 0.543. The first kappa shape index (κ1) is 23.8. The van der Waals surface area contributed by atoms with Gasteiger partial charge < -0.3 is 4.74 Å². The molecule has 0 aliphatic carbocycles. The van der Waals surface area contributed by atoms with Crippen LogP contribution < -0.4 is 4.31 Å². The molecule has 1 aliphatic rings. The second-order valence-corrected chi connectivity index (χ2v) is 10.7. The van der Waals surface area contributed by atoms with Gasteiger partial charge in [-0.25, -0.2) is 8.42 Å². The van der Waals surface area contributed by atoms with Crippen LogP contribution in [0.5, 0.6) is 0 Å². The van der Waals surface area contributed by atoms with Gasteiger partial charge in [0.2, 0.25) is 0 Å².